The molecule has 1 aromatic carbocycles. The number of aromatic nitrogens is 4. The lowest BCUT2D eigenvalue weighted by Gasteiger charge is -2.19. The number of benzene rings is 1. The van der Waals surface area contributed by atoms with Crippen molar-refractivity contribution in [3.63, 3.8) is 0 Å². The highest BCUT2D eigenvalue weighted by atomic mass is 32.1. The van der Waals surface area contributed by atoms with E-state index in [1.807, 2.05) is 42.6 Å². The molecule has 0 radical (unpaired) electrons. The van der Waals surface area contributed by atoms with Crippen LogP contribution in [-0.2, 0) is 13.0 Å². The summed E-state index contributed by atoms with van der Waals surface area (Å²) in [7, 11) is 2.25. The van der Waals surface area contributed by atoms with Gasteiger partial charge in [-0.1, -0.05) is 0 Å². The maximum atomic E-state index is 5.73. The lowest BCUT2D eigenvalue weighted by atomic mass is 10.1. The minimum Gasteiger partial charge on any atom is -0.491 e. The van der Waals surface area contributed by atoms with Gasteiger partial charge in [0.1, 0.15) is 23.5 Å². The summed E-state index contributed by atoms with van der Waals surface area (Å²) >= 11 is 1.80. The zero-order chi connectivity index (χ0) is 18.5. The van der Waals surface area contributed by atoms with Gasteiger partial charge in [0.05, 0.1) is 30.0 Å². The molecule has 27 heavy (non-hydrogen) atoms. The predicted octanol–water partition coefficient (Wildman–Crippen LogP) is 2.36. The number of thiophene rings is 1. The maximum absolute atomic E-state index is 5.73. The van der Waals surface area contributed by atoms with E-state index in [4.69, 9.17) is 9.72 Å². The van der Waals surface area contributed by atoms with E-state index in [0.29, 0.717) is 0 Å². The van der Waals surface area contributed by atoms with E-state index in [9.17, 15) is 0 Å². The molecule has 0 fully saturated rings. The quantitative estimate of drug-likeness (QED) is 0.593. The molecule has 3 aromatic heterocycles. The first-order valence-corrected chi connectivity index (χ1v) is 10.1. The van der Waals surface area contributed by atoms with E-state index in [2.05, 4.69) is 17.1 Å². The summed E-state index contributed by atoms with van der Waals surface area (Å²) in [5, 5.41) is 5.85. The molecule has 5 rings (SSSR count). The van der Waals surface area contributed by atoms with Crippen LogP contribution in [0, 0.1) is 0 Å². The van der Waals surface area contributed by atoms with E-state index in [-0.39, 0.29) is 6.10 Å². The Morgan fingerprint density at radius 3 is 2.81 bits per heavy atom. The standard InChI is InChI=1S/C20H21N5OS/c1-12(2)26-14-6-4-13(5-7-14)18-22-19-17-15-8-9-24(3)10-16(15)27-20(17)21-11-25(19)23-18/h4-7,11-12H,8-10H2,1-3H3/p+1. The Balaban J connectivity index is 1.60. The van der Waals surface area contributed by atoms with E-state index in [0.717, 1.165) is 47.1 Å². The van der Waals surface area contributed by atoms with Crippen LogP contribution in [0.1, 0.15) is 24.3 Å². The summed E-state index contributed by atoms with van der Waals surface area (Å²) < 4.78 is 7.54. The second-order valence-electron chi connectivity index (χ2n) is 7.46. The fourth-order valence-electron chi connectivity index (χ4n) is 3.69. The number of nitrogens with zero attached hydrogens (tertiary/aromatic N) is 4. The zero-order valence-corrected chi connectivity index (χ0v) is 16.5. The van der Waals surface area contributed by atoms with Gasteiger partial charge in [0, 0.05) is 12.0 Å². The number of quaternary nitrogens is 1. The van der Waals surface area contributed by atoms with Crippen LogP contribution in [0.25, 0.3) is 27.3 Å². The Hall–Kier alpha value is -2.51. The van der Waals surface area contributed by atoms with Crippen LogP contribution in [0.2, 0.25) is 0 Å². The molecule has 0 spiro atoms. The van der Waals surface area contributed by atoms with Crippen LogP contribution < -0.4 is 9.64 Å². The summed E-state index contributed by atoms with van der Waals surface area (Å²) in [4.78, 5) is 13.6. The fraction of sp³-hybridized carbons (Fsp3) is 0.350. The summed E-state index contributed by atoms with van der Waals surface area (Å²) in [6.45, 7) is 6.27. The fourth-order valence-corrected chi connectivity index (χ4v) is 4.98. The summed E-state index contributed by atoms with van der Waals surface area (Å²) in [5.74, 6) is 1.58. The van der Waals surface area contributed by atoms with Crippen molar-refractivity contribution in [1.29, 1.82) is 0 Å². The summed E-state index contributed by atoms with van der Waals surface area (Å²) in [5.41, 5.74) is 3.31. The molecule has 4 aromatic rings. The average molecular weight is 380 g/mol. The molecule has 1 N–H and O–H groups in total. The number of ether oxygens (including phenoxy) is 1. The van der Waals surface area contributed by atoms with Crippen molar-refractivity contribution in [3.8, 4) is 17.1 Å². The van der Waals surface area contributed by atoms with Crippen LogP contribution in [0.3, 0.4) is 0 Å². The molecule has 0 saturated heterocycles. The molecule has 7 heteroatoms. The molecule has 0 amide bonds. The number of fused-ring (bicyclic) bond motifs is 5. The molecule has 0 aliphatic carbocycles. The molecule has 4 heterocycles. The largest absolute Gasteiger partial charge is 0.491 e. The third-order valence-corrected chi connectivity index (χ3v) is 6.10. The van der Waals surface area contributed by atoms with Crippen molar-refractivity contribution in [3.05, 3.63) is 41.0 Å². The van der Waals surface area contributed by atoms with Gasteiger partial charge in [-0.25, -0.2) is 14.5 Å². The predicted molar refractivity (Wildman–Crippen MR) is 107 cm³/mol. The maximum Gasteiger partial charge on any atom is 0.182 e. The van der Waals surface area contributed by atoms with Crippen molar-refractivity contribution in [2.75, 3.05) is 13.6 Å². The first kappa shape index (κ1) is 16.6. The van der Waals surface area contributed by atoms with Crippen LogP contribution >= 0.6 is 11.3 Å². The van der Waals surface area contributed by atoms with Crippen LogP contribution in [0.4, 0.5) is 0 Å². The number of rotatable bonds is 3. The smallest absolute Gasteiger partial charge is 0.182 e. The van der Waals surface area contributed by atoms with Gasteiger partial charge in [0.15, 0.2) is 11.5 Å². The SMILES string of the molecule is CC(C)Oc1ccc(-c2nc3c4c5c(sc4ncn3n2)C[NH+](C)CC5)cc1. The zero-order valence-electron chi connectivity index (χ0n) is 15.7. The van der Waals surface area contributed by atoms with Gasteiger partial charge in [-0.2, -0.15) is 0 Å². The van der Waals surface area contributed by atoms with Crippen molar-refractivity contribution in [2.24, 2.45) is 0 Å². The topological polar surface area (TPSA) is 56.8 Å². The van der Waals surface area contributed by atoms with Crippen LogP contribution in [0.15, 0.2) is 30.6 Å². The number of hydrogen-bond acceptors (Lipinski definition) is 5. The Bertz CT molecular complexity index is 1130. The van der Waals surface area contributed by atoms with Gasteiger partial charge in [0.2, 0.25) is 0 Å². The Labute approximate surface area is 161 Å². The van der Waals surface area contributed by atoms with Gasteiger partial charge in [-0.15, -0.1) is 16.4 Å². The molecule has 0 bridgehead atoms. The second kappa shape index (κ2) is 6.28. The number of nitrogens with one attached hydrogen (secondary N) is 1. The minimum absolute atomic E-state index is 0.161. The van der Waals surface area contributed by atoms with Gasteiger partial charge in [-0.3, -0.25) is 0 Å². The summed E-state index contributed by atoms with van der Waals surface area (Å²) in [6.07, 6.45) is 3.02. The van der Waals surface area contributed by atoms with Gasteiger partial charge < -0.3 is 9.64 Å². The lowest BCUT2D eigenvalue weighted by molar-refractivity contribution is -0.895. The molecule has 1 aliphatic heterocycles. The highest BCUT2D eigenvalue weighted by Gasteiger charge is 2.24. The molecule has 6 nitrogen and oxygen atoms in total. The number of hydrogen-bond donors (Lipinski definition) is 1. The Morgan fingerprint density at radius 2 is 2.04 bits per heavy atom. The third kappa shape index (κ3) is 2.87. The molecule has 138 valence electrons. The van der Waals surface area contributed by atoms with Crippen molar-refractivity contribution in [2.45, 2.75) is 32.9 Å². The minimum atomic E-state index is 0.161. The molecular formula is C20H22N5OS+. The van der Waals surface area contributed by atoms with Gasteiger partial charge in [-0.05, 0) is 43.7 Å². The first-order valence-electron chi connectivity index (χ1n) is 9.32. The monoisotopic (exact) mass is 380 g/mol. The summed E-state index contributed by atoms with van der Waals surface area (Å²) in [6, 6.07) is 7.97. The Morgan fingerprint density at radius 1 is 1.22 bits per heavy atom. The van der Waals surface area contributed by atoms with Crippen LogP contribution in [-0.4, -0.2) is 39.3 Å². The molecular weight excluding hydrogens is 358 g/mol. The molecule has 1 unspecified atom stereocenters. The molecule has 1 aliphatic rings. The normalized spacial score (nSPS) is 17.0. The van der Waals surface area contributed by atoms with Crippen molar-refractivity contribution < 1.29 is 9.64 Å². The van der Waals surface area contributed by atoms with Gasteiger partial charge in [0.25, 0.3) is 0 Å². The number of likely N-dealkylation sites (N-methyl/N-ethyl adjacent to an activating group) is 1. The van der Waals surface area contributed by atoms with E-state index in [1.54, 1.807) is 22.6 Å². The first-order chi connectivity index (χ1) is 13.1. The second-order valence-corrected chi connectivity index (χ2v) is 8.54. The molecule has 1 atom stereocenters. The lowest BCUT2D eigenvalue weighted by Crippen LogP contribution is -3.08. The van der Waals surface area contributed by atoms with E-state index in [1.165, 1.54) is 15.8 Å². The van der Waals surface area contributed by atoms with Crippen LogP contribution in [0.5, 0.6) is 5.75 Å². The average Bonchev–Trinajstić information content (AvgIpc) is 3.21. The third-order valence-electron chi connectivity index (χ3n) is 4.96. The van der Waals surface area contributed by atoms with E-state index >= 15 is 0 Å². The Kier molecular flexibility index (Phi) is 3.87. The van der Waals surface area contributed by atoms with Gasteiger partial charge >= 0.3 is 0 Å². The highest BCUT2D eigenvalue weighted by Crippen LogP contribution is 2.34. The highest BCUT2D eigenvalue weighted by molar-refractivity contribution is 7.19. The van der Waals surface area contributed by atoms with Crippen molar-refractivity contribution in [1.82, 2.24) is 19.6 Å². The van der Waals surface area contributed by atoms with E-state index < -0.39 is 0 Å². The van der Waals surface area contributed by atoms with Crippen molar-refractivity contribution >= 4 is 27.2 Å². The molecule has 0 saturated carbocycles.